The second-order valence-corrected chi connectivity index (χ2v) is 6.89. The van der Waals surface area contributed by atoms with Crippen molar-refractivity contribution in [2.75, 3.05) is 6.61 Å². The van der Waals surface area contributed by atoms with Crippen LogP contribution in [0, 0.1) is 0 Å². The molecule has 136 valence electrons. The zero-order chi connectivity index (χ0) is 17.7. The zero-order valence-electron chi connectivity index (χ0n) is 14.6. The molecule has 0 saturated carbocycles. The zero-order valence-corrected chi connectivity index (χ0v) is 14.6. The van der Waals surface area contributed by atoms with Gasteiger partial charge in [0.1, 0.15) is 12.1 Å². The van der Waals surface area contributed by atoms with Crippen molar-refractivity contribution < 1.29 is 19.1 Å². The van der Waals surface area contributed by atoms with Crippen LogP contribution in [0.2, 0.25) is 0 Å². The number of hydrogen-bond acceptors (Lipinski definition) is 5. The van der Waals surface area contributed by atoms with E-state index in [1.54, 1.807) is 6.92 Å². The van der Waals surface area contributed by atoms with Gasteiger partial charge in [-0.05, 0) is 38.2 Å². The van der Waals surface area contributed by atoms with Gasteiger partial charge in [-0.2, -0.15) is 0 Å². The summed E-state index contributed by atoms with van der Waals surface area (Å²) < 4.78 is 10.6. The number of carbonyl (C=O) groups is 2. The summed E-state index contributed by atoms with van der Waals surface area (Å²) in [7, 11) is 0. The molecule has 1 aromatic rings. The lowest BCUT2D eigenvalue weighted by Gasteiger charge is -2.46. The van der Waals surface area contributed by atoms with E-state index in [1.807, 2.05) is 30.3 Å². The number of nitrogens with one attached hydrogen (secondary N) is 2. The normalized spacial score (nSPS) is 28.0. The highest BCUT2D eigenvalue weighted by atomic mass is 16.6. The van der Waals surface area contributed by atoms with E-state index in [4.69, 9.17) is 9.47 Å². The van der Waals surface area contributed by atoms with Crippen LogP contribution in [-0.2, 0) is 20.9 Å². The highest BCUT2D eigenvalue weighted by Gasteiger charge is 2.49. The molecule has 2 aliphatic heterocycles. The lowest BCUT2D eigenvalue weighted by Crippen LogP contribution is -2.66. The van der Waals surface area contributed by atoms with E-state index in [1.165, 1.54) is 0 Å². The minimum atomic E-state index is -0.995. The molecular weight excluding hydrogens is 320 g/mol. The smallest absolute Gasteiger partial charge is 0.408 e. The van der Waals surface area contributed by atoms with E-state index < -0.39 is 11.6 Å². The van der Waals surface area contributed by atoms with Crippen molar-refractivity contribution >= 4 is 12.1 Å². The lowest BCUT2D eigenvalue weighted by atomic mass is 9.75. The van der Waals surface area contributed by atoms with Crippen molar-refractivity contribution in [1.82, 2.24) is 10.6 Å². The SMILES string of the molecule is CCOC(=O)C1(NC(=O)OCc2ccccc2)CC2CCCC(C1)N2. The van der Waals surface area contributed by atoms with E-state index in [9.17, 15) is 9.59 Å². The molecule has 0 radical (unpaired) electrons. The predicted octanol–water partition coefficient (Wildman–Crippen LogP) is 2.52. The predicted molar refractivity (Wildman–Crippen MR) is 92.9 cm³/mol. The number of esters is 1. The summed E-state index contributed by atoms with van der Waals surface area (Å²) in [4.78, 5) is 25.0. The maximum atomic E-state index is 12.6. The van der Waals surface area contributed by atoms with Crippen LogP contribution in [0.1, 0.15) is 44.6 Å². The van der Waals surface area contributed by atoms with Crippen LogP contribution in [-0.4, -0.2) is 36.3 Å². The summed E-state index contributed by atoms with van der Waals surface area (Å²) in [6.45, 7) is 2.25. The minimum Gasteiger partial charge on any atom is -0.464 e. The van der Waals surface area contributed by atoms with Crippen LogP contribution in [0.4, 0.5) is 4.79 Å². The van der Waals surface area contributed by atoms with Gasteiger partial charge in [-0.15, -0.1) is 0 Å². The molecule has 6 nitrogen and oxygen atoms in total. The van der Waals surface area contributed by atoms with Crippen molar-refractivity contribution in [2.45, 2.75) is 63.3 Å². The quantitative estimate of drug-likeness (QED) is 0.801. The molecule has 1 aromatic carbocycles. The number of carbonyl (C=O) groups excluding carboxylic acids is 2. The topological polar surface area (TPSA) is 76.7 Å². The van der Waals surface area contributed by atoms with Crippen LogP contribution < -0.4 is 10.6 Å². The van der Waals surface area contributed by atoms with Crippen molar-refractivity contribution in [3.05, 3.63) is 35.9 Å². The summed E-state index contributed by atoms with van der Waals surface area (Å²) >= 11 is 0. The van der Waals surface area contributed by atoms with Gasteiger partial charge in [0.05, 0.1) is 6.61 Å². The van der Waals surface area contributed by atoms with Gasteiger partial charge in [0, 0.05) is 12.1 Å². The molecule has 25 heavy (non-hydrogen) atoms. The van der Waals surface area contributed by atoms with Gasteiger partial charge in [0.15, 0.2) is 0 Å². The van der Waals surface area contributed by atoms with Gasteiger partial charge in [-0.1, -0.05) is 36.8 Å². The van der Waals surface area contributed by atoms with E-state index in [2.05, 4.69) is 10.6 Å². The Morgan fingerprint density at radius 1 is 1.16 bits per heavy atom. The first-order chi connectivity index (χ1) is 12.1. The third kappa shape index (κ3) is 4.31. The Hall–Kier alpha value is -2.08. The second-order valence-electron chi connectivity index (χ2n) is 6.89. The number of rotatable bonds is 5. The van der Waals surface area contributed by atoms with Gasteiger partial charge in [-0.3, -0.25) is 0 Å². The standard InChI is InChI=1S/C19H26N2O4/c1-2-24-17(22)19(11-15-9-6-10-16(12-19)20-15)21-18(23)25-13-14-7-4-3-5-8-14/h3-5,7-8,15-16,20H,2,6,9-13H2,1H3,(H,21,23). The summed E-state index contributed by atoms with van der Waals surface area (Å²) in [5.41, 5.74) is -0.0878. The highest BCUT2D eigenvalue weighted by Crippen LogP contribution is 2.34. The van der Waals surface area contributed by atoms with E-state index in [-0.39, 0.29) is 24.7 Å². The summed E-state index contributed by atoms with van der Waals surface area (Å²) in [5.74, 6) is -0.356. The Bertz CT molecular complexity index is 593. The van der Waals surface area contributed by atoms with Gasteiger partial charge >= 0.3 is 12.1 Å². The van der Waals surface area contributed by atoms with Crippen LogP contribution in [0.15, 0.2) is 30.3 Å². The van der Waals surface area contributed by atoms with Crippen molar-refractivity contribution in [1.29, 1.82) is 0 Å². The number of fused-ring (bicyclic) bond motifs is 2. The molecule has 2 saturated heterocycles. The molecule has 2 unspecified atom stereocenters. The number of benzene rings is 1. The van der Waals surface area contributed by atoms with E-state index >= 15 is 0 Å². The Kier molecular flexibility index (Phi) is 5.58. The third-order valence-corrected chi connectivity index (χ3v) is 4.99. The molecule has 0 spiro atoms. The molecule has 2 fully saturated rings. The number of piperidine rings is 2. The fourth-order valence-corrected chi connectivity index (χ4v) is 3.90. The molecule has 2 heterocycles. The third-order valence-electron chi connectivity index (χ3n) is 4.99. The van der Waals surface area contributed by atoms with Crippen LogP contribution in [0.3, 0.4) is 0 Å². The Morgan fingerprint density at radius 3 is 2.48 bits per heavy atom. The molecule has 0 aliphatic carbocycles. The summed E-state index contributed by atoms with van der Waals surface area (Å²) in [6, 6.07) is 9.94. The van der Waals surface area contributed by atoms with E-state index in [0.29, 0.717) is 19.4 Å². The highest BCUT2D eigenvalue weighted by molar-refractivity contribution is 5.86. The summed E-state index contributed by atoms with van der Waals surface area (Å²) in [5, 5.41) is 6.38. The molecular formula is C19H26N2O4. The average Bonchev–Trinajstić information content (AvgIpc) is 2.61. The molecule has 0 aromatic heterocycles. The van der Waals surface area contributed by atoms with Crippen LogP contribution >= 0.6 is 0 Å². The summed E-state index contributed by atoms with van der Waals surface area (Å²) in [6.07, 6.45) is 3.69. The first kappa shape index (κ1) is 17.7. The maximum Gasteiger partial charge on any atom is 0.408 e. The maximum absolute atomic E-state index is 12.6. The first-order valence-corrected chi connectivity index (χ1v) is 9.03. The average molecular weight is 346 g/mol. The van der Waals surface area contributed by atoms with Crippen molar-refractivity contribution in [3.63, 3.8) is 0 Å². The molecule has 2 N–H and O–H groups in total. The fourth-order valence-electron chi connectivity index (χ4n) is 3.90. The van der Waals surface area contributed by atoms with Crippen LogP contribution in [0.5, 0.6) is 0 Å². The van der Waals surface area contributed by atoms with Gasteiger partial charge in [0.2, 0.25) is 0 Å². The number of ether oxygens (including phenoxy) is 2. The molecule has 6 heteroatoms. The molecule has 3 rings (SSSR count). The number of amides is 1. The first-order valence-electron chi connectivity index (χ1n) is 9.03. The van der Waals surface area contributed by atoms with Gasteiger partial charge < -0.3 is 20.1 Å². The van der Waals surface area contributed by atoms with Gasteiger partial charge in [0.25, 0.3) is 0 Å². The Morgan fingerprint density at radius 2 is 1.84 bits per heavy atom. The fraction of sp³-hybridized carbons (Fsp3) is 0.579. The Balaban J connectivity index is 1.67. The van der Waals surface area contributed by atoms with Gasteiger partial charge in [-0.25, -0.2) is 9.59 Å². The molecule has 1 amide bonds. The lowest BCUT2D eigenvalue weighted by molar-refractivity contribution is -0.154. The number of alkyl carbamates (subject to hydrolysis) is 1. The monoisotopic (exact) mass is 346 g/mol. The van der Waals surface area contributed by atoms with Crippen molar-refractivity contribution in [3.8, 4) is 0 Å². The largest absolute Gasteiger partial charge is 0.464 e. The Labute approximate surface area is 148 Å². The molecule has 2 atom stereocenters. The van der Waals surface area contributed by atoms with E-state index in [0.717, 1.165) is 24.8 Å². The number of hydrogen-bond donors (Lipinski definition) is 2. The molecule has 2 aliphatic rings. The second kappa shape index (κ2) is 7.87. The molecule has 2 bridgehead atoms. The minimum absolute atomic E-state index is 0.177. The van der Waals surface area contributed by atoms with Crippen molar-refractivity contribution in [2.24, 2.45) is 0 Å². The van der Waals surface area contributed by atoms with Crippen LogP contribution in [0.25, 0.3) is 0 Å².